The van der Waals surface area contributed by atoms with Gasteiger partial charge in [-0.1, -0.05) is 0 Å². The number of hydrogen-bond donors (Lipinski definition) is 6. The summed E-state index contributed by atoms with van der Waals surface area (Å²) in [4.78, 5) is 0. The standard InChI is InChI=1S/3C2H8N2.3Cl2I.3ClH/c3*3-1-2-4;3*1-3-2;;;/h3*1-4H2;;;;3*1H/q;;;3*-1;;;/p+3. The fourth-order valence-electron chi connectivity index (χ4n) is 0. The zero-order chi connectivity index (χ0) is 18.4. The zero-order valence-electron chi connectivity index (χ0n) is 13.0. The summed E-state index contributed by atoms with van der Waals surface area (Å²) in [7, 11) is 29.2. The molecule has 0 saturated heterocycles. The summed E-state index contributed by atoms with van der Waals surface area (Å²) in [6, 6.07) is 0. The molecule has 0 aliphatic rings. The Morgan fingerprint density at radius 3 is 0.417 bits per heavy atom. The van der Waals surface area contributed by atoms with Gasteiger partial charge in [-0.25, -0.2) is 0 Å². The van der Waals surface area contributed by atoms with Crippen molar-refractivity contribution in [1.82, 2.24) is 0 Å². The largest absolute Gasteiger partial charge is 1.00 e. The van der Waals surface area contributed by atoms with Crippen LogP contribution in [0.25, 0.3) is 0 Å². The summed E-state index contributed by atoms with van der Waals surface area (Å²) in [5.74, 6) is 0. The van der Waals surface area contributed by atoms with E-state index in [1.807, 2.05) is 0 Å². The average molecular weight is 886 g/mol. The van der Waals surface area contributed by atoms with Crippen LogP contribution in [0.3, 0.4) is 0 Å². The summed E-state index contributed by atoms with van der Waals surface area (Å²) in [5, 5.41) is 0. The molecule has 0 fully saturated rings. The Bertz CT molecular complexity index is 82.5. The van der Waals surface area contributed by atoms with Crippen LogP contribution >= 0.6 is 53.5 Å². The Labute approximate surface area is 217 Å². The molecule has 0 heterocycles. The molecule has 0 amide bonds. The van der Waals surface area contributed by atoms with Crippen LogP contribution in [-0.2, 0) is 0 Å². The average Bonchev–Trinajstić information content (AvgIpc) is 2.50. The van der Waals surface area contributed by atoms with Gasteiger partial charge in [-0.05, 0) is 0 Å². The number of halogens is 12. The van der Waals surface area contributed by atoms with Gasteiger partial charge in [-0.3, -0.25) is 0 Å². The van der Waals surface area contributed by atoms with Crippen LogP contribution in [0, 0.1) is 0 Å². The monoisotopic (exact) mass is 882 g/mol. The van der Waals surface area contributed by atoms with Crippen molar-refractivity contribution in [3.05, 3.63) is 0 Å². The molecule has 0 spiro atoms. The Morgan fingerprint density at radius 1 is 0.375 bits per heavy atom. The summed E-state index contributed by atoms with van der Waals surface area (Å²) in [6.45, 7) is 5.75. The predicted octanol–water partition coefficient (Wildman–Crippen LogP) is -21.4. The summed E-state index contributed by atoms with van der Waals surface area (Å²) in [6.07, 6.45) is 0. The van der Waals surface area contributed by atoms with Crippen LogP contribution in [-0.4, -0.2) is 39.3 Å². The van der Waals surface area contributed by atoms with Crippen molar-refractivity contribution in [2.24, 2.45) is 0 Å². The molecule has 168 valence electrons. The van der Waals surface area contributed by atoms with Gasteiger partial charge in [0.05, 0.1) is 0 Å². The fourth-order valence-corrected chi connectivity index (χ4v) is 0. The molecular weight excluding hydrogens is 856 g/mol. The molecule has 0 atom stereocenters. The van der Waals surface area contributed by atoms with E-state index in [1.165, 1.54) is 0 Å². The number of rotatable bonds is 3. The first-order valence-corrected chi connectivity index (χ1v) is 21.7. The Balaban J connectivity index is -0.0000000158. The molecule has 0 aromatic heterocycles. The second-order valence-corrected chi connectivity index (χ2v) is 11.9. The quantitative estimate of drug-likeness (QED) is 0.149. The second kappa shape index (κ2) is 106. The normalized spacial score (nSPS) is 6.50. The third-order valence-corrected chi connectivity index (χ3v) is 0.750. The molecule has 0 radical (unpaired) electrons. The molecule has 0 aromatic rings. The van der Waals surface area contributed by atoms with E-state index in [4.69, 9.17) is 53.5 Å². The Kier molecular flexibility index (Phi) is 250. The molecule has 0 aliphatic carbocycles. The second-order valence-electron chi connectivity index (χ2n) is 2.28. The van der Waals surface area contributed by atoms with Gasteiger partial charge >= 0.3 is 110 Å². The van der Waals surface area contributed by atoms with Gasteiger partial charge in [0.1, 0.15) is 39.3 Å². The van der Waals surface area contributed by atoms with E-state index in [0.29, 0.717) is 0 Å². The van der Waals surface area contributed by atoms with Gasteiger partial charge < -0.3 is 71.6 Å². The van der Waals surface area contributed by atoms with Gasteiger partial charge in [-0.15, -0.1) is 0 Å². The molecule has 0 aliphatic heterocycles. The van der Waals surface area contributed by atoms with Crippen LogP contribution in [0.5, 0.6) is 0 Å². The summed E-state index contributed by atoms with van der Waals surface area (Å²) < 4.78 is 0. The SMILES string of the molecule is Cl[I-]Cl.Cl[I-]Cl.Cl[I-]Cl.[Cl-].[Cl-].[Cl-].[NH3+]CC[NH3+].[NH3+]CC[NH3+].[NH3+]CC[NH3+]. The number of quaternary nitrogens is 6. The maximum atomic E-state index is 4.87. The van der Waals surface area contributed by atoms with Crippen LogP contribution in [0.15, 0.2) is 0 Å². The molecule has 18 N–H and O–H groups in total. The van der Waals surface area contributed by atoms with E-state index >= 15 is 0 Å². The third kappa shape index (κ3) is 304. The van der Waals surface area contributed by atoms with Crippen LogP contribution in [0.4, 0.5) is 0 Å². The van der Waals surface area contributed by atoms with Gasteiger partial charge in [0.15, 0.2) is 0 Å². The fraction of sp³-hybridized carbons (Fsp3) is 1.00. The van der Waals surface area contributed by atoms with Crippen LogP contribution < -0.4 is 128 Å². The smallest absolute Gasteiger partial charge is 0.124 e. The Morgan fingerprint density at radius 2 is 0.417 bits per heavy atom. The first-order chi connectivity index (χ1) is 9.99. The molecule has 0 unspecified atom stereocenters. The minimum atomic E-state index is -0.466. The van der Waals surface area contributed by atoms with E-state index in [0.717, 1.165) is 39.3 Å². The molecule has 6 nitrogen and oxygen atoms in total. The minimum Gasteiger partial charge on any atom is -1.00 e. The van der Waals surface area contributed by atoms with Crippen molar-refractivity contribution in [2.45, 2.75) is 0 Å². The molecule has 0 bridgehead atoms. The first kappa shape index (κ1) is 56.7. The van der Waals surface area contributed by atoms with Crippen molar-refractivity contribution in [1.29, 1.82) is 0 Å². The predicted molar refractivity (Wildman–Crippen MR) is 81.6 cm³/mol. The van der Waals surface area contributed by atoms with Crippen molar-refractivity contribution < 1.29 is 128 Å². The van der Waals surface area contributed by atoms with E-state index in [1.54, 1.807) is 0 Å². The third-order valence-electron chi connectivity index (χ3n) is 0.750. The van der Waals surface area contributed by atoms with Gasteiger partial charge in [0.25, 0.3) is 0 Å². The van der Waals surface area contributed by atoms with Crippen LogP contribution in [0.1, 0.15) is 0 Å². The van der Waals surface area contributed by atoms with Crippen LogP contribution in [0.2, 0.25) is 0 Å². The molecule has 0 aromatic carbocycles. The summed E-state index contributed by atoms with van der Waals surface area (Å²) >= 11 is -1.40. The molecule has 0 rings (SSSR count). The van der Waals surface area contributed by atoms with Crippen molar-refractivity contribution in [3.8, 4) is 0 Å². The van der Waals surface area contributed by atoms with E-state index in [-0.39, 0.29) is 37.2 Å². The minimum absolute atomic E-state index is 0. The van der Waals surface area contributed by atoms with E-state index < -0.39 is 56.8 Å². The summed E-state index contributed by atoms with van der Waals surface area (Å²) in [5.41, 5.74) is 21.2. The van der Waals surface area contributed by atoms with Crippen molar-refractivity contribution >= 4 is 53.5 Å². The van der Waals surface area contributed by atoms with E-state index in [9.17, 15) is 0 Å². The Hall–Kier alpha value is 4.56. The van der Waals surface area contributed by atoms with Gasteiger partial charge in [0.2, 0.25) is 0 Å². The maximum Gasteiger partial charge on any atom is 0.124 e. The molecular formula is C6H30Cl9I3N6. The maximum absolute atomic E-state index is 4.87. The molecule has 18 heteroatoms. The first-order valence-electron chi connectivity index (χ1n) is 5.36. The topological polar surface area (TPSA) is 166 Å². The van der Waals surface area contributed by atoms with Crippen molar-refractivity contribution in [2.75, 3.05) is 39.3 Å². The zero-order valence-corrected chi connectivity index (χ0v) is 26.3. The van der Waals surface area contributed by atoms with Gasteiger partial charge in [0, 0.05) is 0 Å². The molecule has 0 saturated carbocycles. The van der Waals surface area contributed by atoms with Gasteiger partial charge in [-0.2, -0.15) is 0 Å². The van der Waals surface area contributed by atoms with E-state index in [2.05, 4.69) is 34.4 Å². The van der Waals surface area contributed by atoms with Crippen molar-refractivity contribution in [3.63, 3.8) is 0 Å². The number of hydrogen-bond acceptors (Lipinski definition) is 0. The molecule has 24 heavy (non-hydrogen) atoms.